The molecule has 0 saturated carbocycles. The fraction of sp³-hybridized carbons (Fsp3) is 0.706. The van der Waals surface area contributed by atoms with Crippen molar-refractivity contribution in [3.63, 3.8) is 0 Å². The van der Waals surface area contributed by atoms with E-state index in [0.717, 1.165) is 24.6 Å². The molecule has 4 heteroatoms. The highest BCUT2D eigenvalue weighted by atomic mass is 16.5. The minimum absolute atomic E-state index is 0.119. The zero-order chi connectivity index (χ0) is 16.0. The van der Waals surface area contributed by atoms with Gasteiger partial charge in [-0.1, -0.05) is 6.07 Å². The third-order valence-corrected chi connectivity index (χ3v) is 3.44. The van der Waals surface area contributed by atoms with Crippen LogP contribution < -0.4 is 10.2 Å². The van der Waals surface area contributed by atoms with Gasteiger partial charge in [-0.25, -0.2) is 4.98 Å². The van der Waals surface area contributed by atoms with Crippen molar-refractivity contribution in [1.29, 1.82) is 0 Å². The highest BCUT2D eigenvalue weighted by Gasteiger charge is 2.14. The summed E-state index contributed by atoms with van der Waals surface area (Å²) >= 11 is 0. The zero-order valence-corrected chi connectivity index (χ0v) is 14.7. The van der Waals surface area contributed by atoms with Crippen LogP contribution in [0.15, 0.2) is 12.1 Å². The van der Waals surface area contributed by atoms with Crippen LogP contribution in [-0.4, -0.2) is 36.8 Å². The molecule has 120 valence electrons. The normalized spacial score (nSPS) is 12.0. The molecule has 1 rings (SSSR count). The molecule has 0 amide bonds. The summed E-state index contributed by atoms with van der Waals surface area (Å²) < 4.78 is 5.19. The maximum Gasteiger partial charge on any atom is 0.129 e. The number of rotatable bonds is 7. The Bertz CT molecular complexity index is 438. The quantitative estimate of drug-likeness (QED) is 0.838. The van der Waals surface area contributed by atoms with E-state index in [-0.39, 0.29) is 5.54 Å². The standard InChI is InChI=1S/C17H31N3O/c1-13(2)20(10-11-21-7)16-9-8-15(14(3)19-16)12-18-17(4,5)6/h8-9,13,18H,10-12H2,1-7H3. The van der Waals surface area contributed by atoms with Crippen LogP contribution in [0.2, 0.25) is 0 Å². The third-order valence-electron chi connectivity index (χ3n) is 3.44. The Hall–Kier alpha value is -1.13. The molecule has 0 atom stereocenters. The molecule has 1 N–H and O–H groups in total. The number of nitrogens with one attached hydrogen (secondary N) is 1. The van der Waals surface area contributed by atoms with Crippen molar-refractivity contribution in [2.45, 2.75) is 59.7 Å². The molecule has 1 heterocycles. The van der Waals surface area contributed by atoms with E-state index in [9.17, 15) is 0 Å². The van der Waals surface area contributed by atoms with Gasteiger partial charge in [-0.2, -0.15) is 0 Å². The van der Waals surface area contributed by atoms with Gasteiger partial charge in [-0.05, 0) is 53.2 Å². The monoisotopic (exact) mass is 293 g/mol. The van der Waals surface area contributed by atoms with Gasteiger partial charge in [-0.3, -0.25) is 0 Å². The molecule has 0 radical (unpaired) electrons. The second kappa shape index (κ2) is 7.76. The molecular formula is C17H31N3O. The Balaban J connectivity index is 2.84. The Labute approximate surface area is 129 Å². The predicted octanol–water partition coefficient (Wildman–Crippen LogP) is 3.14. The van der Waals surface area contributed by atoms with Gasteiger partial charge in [0.1, 0.15) is 5.82 Å². The van der Waals surface area contributed by atoms with Crippen molar-refractivity contribution in [2.24, 2.45) is 0 Å². The summed E-state index contributed by atoms with van der Waals surface area (Å²) in [6, 6.07) is 4.70. The van der Waals surface area contributed by atoms with Crippen LogP contribution in [-0.2, 0) is 11.3 Å². The van der Waals surface area contributed by atoms with E-state index in [1.54, 1.807) is 7.11 Å². The molecule has 1 aromatic heterocycles. The lowest BCUT2D eigenvalue weighted by molar-refractivity contribution is 0.203. The summed E-state index contributed by atoms with van der Waals surface area (Å²) in [5, 5.41) is 3.51. The summed E-state index contributed by atoms with van der Waals surface area (Å²) in [5.74, 6) is 1.03. The van der Waals surface area contributed by atoms with E-state index >= 15 is 0 Å². The fourth-order valence-electron chi connectivity index (χ4n) is 2.11. The summed E-state index contributed by atoms with van der Waals surface area (Å²) in [6.07, 6.45) is 0. The number of hydrogen-bond acceptors (Lipinski definition) is 4. The Morgan fingerprint density at radius 2 is 1.95 bits per heavy atom. The molecule has 0 aliphatic heterocycles. The van der Waals surface area contributed by atoms with Crippen LogP contribution in [0.3, 0.4) is 0 Å². The number of nitrogens with zero attached hydrogens (tertiary/aromatic N) is 2. The molecule has 0 unspecified atom stereocenters. The molecule has 0 bridgehead atoms. The first-order valence-corrected chi connectivity index (χ1v) is 7.71. The van der Waals surface area contributed by atoms with Gasteiger partial charge in [0, 0.05) is 37.5 Å². The molecular weight excluding hydrogens is 262 g/mol. The molecule has 0 fully saturated rings. The second-order valence-corrected chi connectivity index (χ2v) is 6.80. The molecule has 0 aromatic carbocycles. The van der Waals surface area contributed by atoms with Crippen LogP contribution in [0.25, 0.3) is 0 Å². The van der Waals surface area contributed by atoms with E-state index in [4.69, 9.17) is 9.72 Å². The second-order valence-electron chi connectivity index (χ2n) is 6.80. The first-order valence-electron chi connectivity index (χ1n) is 7.71. The number of aromatic nitrogens is 1. The van der Waals surface area contributed by atoms with Gasteiger partial charge >= 0.3 is 0 Å². The van der Waals surface area contributed by atoms with E-state index < -0.39 is 0 Å². The van der Waals surface area contributed by atoms with Gasteiger partial charge in [0.15, 0.2) is 0 Å². The topological polar surface area (TPSA) is 37.4 Å². The van der Waals surface area contributed by atoms with Gasteiger partial charge in [-0.15, -0.1) is 0 Å². The number of pyridine rings is 1. The lowest BCUT2D eigenvalue weighted by Gasteiger charge is -2.28. The largest absolute Gasteiger partial charge is 0.383 e. The zero-order valence-electron chi connectivity index (χ0n) is 14.7. The molecule has 0 aliphatic rings. The average Bonchev–Trinajstić information content (AvgIpc) is 2.36. The van der Waals surface area contributed by atoms with Gasteiger partial charge in [0.05, 0.1) is 6.61 Å². The molecule has 0 aliphatic carbocycles. The van der Waals surface area contributed by atoms with E-state index in [1.165, 1.54) is 5.56 Å². The fourth-order valence-corrected chi connectivity index (χ4v) is 2.11. The van der Waals surface area contributed by atoms with Gasteiger partial charge in [0.25, 0.3) is 0 Å². The third kappa shape index (κ3) is 6.02. The van der Waals surface area contributed by atoms with Crippen molar-refractivity contribution in [3.8, 4) is 0 Å². The summed E-state index contributed by atoms with van der Waals surface area (Å²) in [6.45, 7) is 15.4. The number of aryl methyl sites for hydroxylation is 1. The maximum absolute atomic E-state index is 5.19. The van der Waals surface area contributed by atoms with Crippen LogP contribution in [0, 0.1) is 6.92 Å². The summed E-state index contributed by atoms with van der Waals surface area (Å²) in [5.41, 5.74) is 2.46. The number of hydrogen-bond donors (Lipinski definition) is 1. The van der Waals surface area contributed by atoms with Crippen LogP contribution in [0.1, 0.15) is 45.9 Å². The minimum atomic E-state index is 0.119. The maximum atomic E-state index is 5.19. The lowest BCUT2D eigenvalue weighted by Crippen LogP contribution is -2.36. The number of ether oxygens (including phenoxy) is 1. The average molecular weight is 293 g/mol. The van der Waals surface area contributed by atoms with Crippen molar-refractivity contribution in [2.75, 3.05) is 25.2 Å². The number of methoxy groups -OCH3 is 1. The van der Waals surface area contributed by atoms with Crippen LogP contribution in [0.5, 0.6) is 0 Å². The van der Waals surface area contributed by atoms with Crippen molar-refractivity contribution in [1.82, 2.24) is 10.3 Å². The molecule has 0 spiro atoms. The SMILES string of the molecule is COCCN(c1ccc(CNC(C)(C)C)c(C)n1)C(C)C. The van der Waals surface area contributed by atoms with Crippen molar-refractivity contribution in [3.05, 3.63) is 23.4 Å². The molecule has 1 aromatic rings. The van der Waals surface area contributed by atoms with Gasteiger partial charge < -0.3 is 15.0 Å². The van der Waals surface area contributed by atoms with Crippen LogP contribution >= 0.6 is 0 Å². The minimum Gasteiger partial charge on any atom is -0.383 e. The molecule has 4 nitrogen and oxygen atoms in total. The Morgan fingerprint density at radius 3 is 2.43 bits per heavy atom. The molecule has 0 saturated heterocycles. The van der Waals surface area contributed by atoms with Crippen molar-refractivity contribution < 1.29 is 4.74 Å². The Morgan fingerprint density at radius 1 is 1.29 bits per heavy atom. The van der Waals surface area contributed by atoms with E-state index in [0.29, 0.717) is 12.6 Å². The first kappa shape index (κ1) is 17.9. The summed E-state index contributed by atoms with van der Waals surface area (Å²) in [4.78, 5) is 7.05. The smallest absolute Gasteiger partial charge is 0.129 e. The predicted molar refractivity (Wildman–Crippen MR) is 89.9 cm³/mol. The van der Waals surface area contributed by atoms with Crippen LogP contribution in [0.4, 0.5) is 5.82 Å². The first-order chi connectivity index (χ1) is 9.74. The van der Waals surface area contributed by atoms with E-state index in [2.05, 4.69) is 63.9 Å². The van der Waals surface area contributed by atoms with Gasteiger partial charge in [0.2, 0.25) is 0 Å². The highest BCUT2D eigenvalue weighted by Crippen LogP contribution is 2.17. The molecule has 21 heavy (non-hydrogen) atoms. The summed E-state index contributed by atoms with van der Waals surface area (Å²) in [7, 11) is 1.73. The highest BCUT2D eigenvalue weighted by molar-refractivity contribution is 5.42. The van der Waals surface area contributed by atoms with E-state index in [1.807, 2.05) is 0 Å². The van der Waals surface area contributed by atoms with Crippen molar-refractivity contribution >= 4 is 5.82 Å². The lowest BCUT2D eigenvalue weighted by atomic mass is 10.1. The number of anilines is 1. The Kier molecular flexibility index (Phi) is 6.62.